The fourth-order valence-electron chi connectivity index (χ4n) is 6.07. The predicted molar refractivity (Wildman–Crippen MR) is 211 cm³/mol. The van der Waals surface area contributed by atoms with Crippen LogP contribution in [0.1, 0.15) is 181 Å². The molecule has 0 aromatic rings. The van der Waals surface area contributed by atoms with Crippen LogP contribution >= 0.6 is 0 Å². The van der Waals surface area contributed by atoms with E-state index in [0.29, 0.717) is 19.3 Å². The van der Waals surface area contributed by atoms with E-state index in [0.717, 1.165) is 51.4 Å². The van der Waals surface area contributed by atoms with E-state index in [1.165, 1.54) is 96.3 Å². The van der Waals surface area contributed by atoms with E-state index in [2.05, 4.69) is 38.2 Å². The Labute approximate surface area is 313 Å². The van der Waals surface area contributed by atoms with Crippen LogP contribution in [-0.4, -0.2) is 80.6 Å². The molecule has 0 aromatic heterocycles. The van der Waals surface area contributed by atoms with Crippen molar-refractivity contribution in [3.8, 4) is 0 Å². The molecule has 51 heavy (non-hydrogen) atoms. The summed E-state index contributed by atoms with van der Waals surface area (Å²) in [6, 6.07) is -0.614. The second-order valence-electron chi connectivity index (χ2n) is 15.3. The maximum absolute atomic E-state index is 12.7. The summed E-state index contributed by atoms with van der Waals surface area (Å²) in [6.07, 6.45) is 36.5. The Morgan fingerprint density at radius 2 is 1.04 bits per heavy atom. The molecular formula is C43H80NO7+. The summed E-state index contributed by atoms with van der Waals surface area (Å²) in [6.45, 7) is 4.66. The molecule has 0 aliphatic rings. The third-order valence-electron chi connectivity index (χ3n) is 9.38. The number of aliphatic carboxylic acids is 1. The van der Waals surface area contributed by atoms with Crippen molar-refractivity contribution in [2.45, 2.75) is 193 Å². The maximum atomic E-state index is 12.7. The summed E-state index contributed by atoms with van der Waals surface area (Å²) in [5.41, 5.74) is 0. The quantitative estimate of drug-likeness (QED) is 0.0295. The van der Waals surface area contributed by atoms with Crippen LogP contribution in [0.25, 0.3) is 0 Å². The van der Waals surface area contributed by atoms with Crippen molar-refractivity contribution in [2.24, 2.45) is 0 Å². The second kappa shape index (κ2) is 34.9. The van der Waals surface area contributed by atoms with Crippen LogP contribution in [0.5, 0.6) is 0 Å². The number of unbranched alkanes of at least 4 members (excludes halogenated alkanes) is 20. The molecule has 0 spiro atoms. The Morgan fingerprint density at radius 3 is 1.53 bits per heavy atom. The summed E-state index contributed by atoms with van der Waals surface area (Å²) >= 11 is 0. The van der Waals surface area contributed by atoms with E-state index in [1.807, 2.05) is 21.1 Å². The average molecular weight is 723 g/mol. The summed E-state index contributed by atoms with van der Waals surface area (Å²) in [5.74, 6) is -1.50. The van der Waals surface area contributed by atoms with Gasteiger partial charge in [0.25, 0.3) is 0 Å². The van der Waals surface area contributed by atoms with Crippen LogP contribution < -0.4 is 0 Å². The van der Waals surface area contributed by atoms with Crippen molar-refractivity contribution in [3.05, 3.63) is 24.3 Å². The fraction of sp³-hybridized carbons (Fsp3) is 0.837. The fourth-order valence-corrected chi connectivity index (χ4v) is 6.07. The Kier molecular flexibility index (Phi) is 33.4. The van der Waals surface area contributed by atoms with Crippen LogP contribution in [0.3, 0.4) is 0 Å². The van der Waals surface area contributed by atoms with Crippen LogP contribution in [-0.2, 0) is 28.6 Å². The van der Waals surface area contributed by atoms with Gasteiger partial charge in [-0.15, -0.1) is 0 Å². The maximum Gasteiger partial charge on any atom is 0.362 e. The molecule has 0 saturated carbocycles. The van der Waals surface area contributed by atoms with E-state index in [9.17, 15) is 19.5 Å². The normalized spacial score (nSPS) is 13.2. The van der Waals surface area contributed by atoms with Gasteiger partial charge in [-0.3, -0.25) is 9.59 Å². The van der Waals surface area contributed by atoms with Crippen LogP contribution in [0.15, 0.2) is 24.3 Å². The summed E-state index contributed by atoms with van der Waals surface area (Å²) in [7, 11) is 5.52. The molecule has 0 saturated heterocycles. The Bertz CT molecular complexity index is 895. The van der Waals surface area contributed by atoms with Crippen LogP contribution in [0.2, 0.25) is 0 Å². The minimum absolute atomic E-state index is 0.0562. The molecule has 0 rings (SSSR count). The highest BCUT2D eigenvalue weighted by Gasteiger charge is 2.31. The van der Waals surface area contributed by atoms with Crippen LogP contribution in [0.4, 0.5) is 0 Å². The largest absolute Gasteiger partial charge is 0.477 e. The molecule has 0 aromatic carbocycles. The number of allylic oxidation sites excluding steroid dienone is 4. The number of carbonyl (C=O) groups is 3. The molecule has 0 bridgehead atoms. The molecule has 0 amide bonds. The van der Waals surface area contributed by atoms with Crippen LogP contribution in [0, 0.1) is 0 Å². The minimum atomic E-state index is -0.878. The molecule has 0 radical (unpaired) electrons. The van der Waals surface area contributed by atoms with E-state index in [-0.39, 0.29) is 36.2 Å². The van der Waals surface area contributed by atoms with E-state index < -0.39 is 18.1 Å². The predicted octanol–water partition coefficient (Wildman–Crippen LogP) is 10.9. The Hall–Kier alpha value is -2.19. The van der Waals surface area contributed by atoms with E-state index >= 15 is 0 Å². The average Bonchev–Trinajstić information content (AvgIpc) is 3.08. The van der Waals surface area contributed by atoms with Gasteiger partial charge in [0.1, 0.15) is 6.61 Å². The number of hydrogen-bond donors (Lipinski definition) is 1. The topological polar surface area (TPSA) is 99.1 Å². The van der Waals surface area contributed by atoms with E-state index in [1.54, 1.807) is 0 Å². The highest BCUT2D eigenvalue weighted by atomic mass is 16.6. The first kappa shape index (κ1) is 48.8. The first-order valence-corrected chi connectivity index (χ1v) is 20.9. The number of rotatable bonds is 37. The number of quaternary nitrogens is 1. The number of carboxylic acid groups (broad SMARTS) is 1. The summed E-state index contributed by atoms with van der Waals surface area (Å²) in [5, 5.41) is 9.59. The number of ether oxygens (including phenoxy) is 3. The number of hydrogen-bond acceptors (Lipinski definition) is 6. The lowest BCUT2D eigenvalue weighted by molar-refractivity contribution is -0.887. The van der Waals surface area contributed by atoms with Gasteiger partial charge in [0.05, 0.1) is 34.4 Å². The first-order valence-electron chi connectivity index (χ1n) is 20.9. The minimum Gasteiger partial charge on any atom is -0.477 e. The van der Waals surface area contributed by atoms with E-state index in [4.69, 9.17) is 14.2 Å². The second-order valence-corrected chi connectivity index (χ2v) is 15.3. The summed E-state index contributed by atoms with van der Waals surface area (Å²) in [4.78, 5) is 36.8. The van der Waals surface area contributed by atoms with Gasteiger partial charge < -0.3 is 23.8 Å². The number of esters is 2. The van der Waals surface area contributed by atoms with Gasteiger partial charge in [0.15, 0.2) is 12.1 Å². The Morgan fingerprint density at radius 1 is 0.588 bits per heavy atom. The molecule has 298 valence electrons. The molecule has 0 aliphatic heterocycles. The summed E-state index contributed by atoms with van der Waals surface area (Å²) < 4.78 is 17.2. The molecule has 8 nitrogen and oxygen atoms in total. The zero-order valence-electron chi connectivity index (χ0n) is 33.8. The number of carbonyl (C=O) groups excluding carboxylic acids is 2. The molecule has 0 aliphatic carbocycles. The monoisotopic (exact) mass is 723 g/mol. The SMILES string of the molecule is CCCC/C=C/C=C/CCCCCC(=O)OCC(COCCC(C(=O)O)[N+](C)(C)C)OC(=O)CCCCCCCCCCCCCCCCCC. The lowest BCUT2D eigenvalue weighted by Gasteiger charge is -2.31. The third-order valence-corrected chi connectivity index (χ3v) is 9.38. The molecule has 0 heterocycles. The number of likely N-dealkylation sites (N-methyl/N-ethyl adjacent to an activating group) is 1. The van der Waals surface area contributed by atoms with Gasteiger partial charge in [-0.25, -0.2) is 4.79 Å². The van der Waals surface area contributed by atoms with Gasteiger partial charge in [0.2, 0.25) is 0 Å². The van der Waals surface area contributed by atoms with Crippen molar-refractivity contribution in [1.29, 1.82) is 0 Å². The van der Waals surface area contributed by atoms with Gasteiger partial charge in [-0.1, -0.05) is 154 Å². The molecule has 8 heteroatoms. The van der Waals surface area contributed by atoms with Crippen molar-refractivity contribution in [3.63, 3.8) is 0 Å². The molecule has 2 atom stereocenters. The van der Waals surface area contributed by atoms with Crippen molar-refractivity contribution >= 4 is 17.9 Å². The third kappa shape index (κ3) is 33.4. The Balaban J connectivity index is 4.37. The lowest BCUT2D eigenvalue weighted by atomic mass is 10.0. The smallest absolute Gasteiger partial charge is 0.362 e. The molecule has 2 unspecified atom stereocenters. The highest BCUT2D eigenvalue weighted by Crippen LogP contribution is 2.15. The zero-order chi connectivity index (χ0) is 37.8. The standard InChI is InChI=1S/C43H79NO7/c1-6-8-10-12-14-16-18-19-20-21-22-24-26-28-30-32-34-42(46)51-39(37-49-36-35-40(43(47)48)44(3,4)5)38-50-41(45)33-31-29-27-25-23-17-15-13-11-9-7-2/h13,15,17,23,39-40H,6-12,14,16,18-22,24-38H2,1-5H3/p+1/b15-13+,23-17+. The van der Waals surface area contributed by atoms with Gasteiger partial charge in [0, 0.05) is 19.3 Å². The number of nitrogens with zero attached hydrogens (tertiary/aromatic N) is 1. The van der Waals surface area contributed by atoms with Gasteiger partial charge in [-0.05, 0) is 32.1 Å². The molecule has 1 N–H and O–H groups in total. The van der Waals surface area contributed by atoms with Gasteiger partial charge >= 0.3 is 17.9 Å². The molecular weight excluding hydrogens is 642 g/mol. The number of carboxylic acids is 1. The van der Waals surface area contributed by atoms with Crippen molar-refractivity contribution in [2.75, 3.05) is 41.0 Å². The zero-order valence-corrected chi connectivity index (χ0v) is 33.8. The van der Waals surface area contributed by atoms with Crippen molar-refractivity contribution < 1.29 is 38.2 Å². The van der Waals surface area contributed by atoms with Crippen molar-refractivity contribution in [1.82, 2.24) is 0 Å². The van der Waals surface area contributed by atoms with Gasteiger partial charge in [-0.2, -0.15) is 0 Å². The lowest BCUT2D eigenvalue weighted by Crippen LogP contribution is -2.50. The highest BCUT2D eigenvalue weighted by molar-refractivity contribution is 5.72. The first-order chi connectivity index (χ1) is 24.6. The molecule has 0 fully saturated rings.